The highest BCUT2D eigenvalue weighted by atomic mass is 35.5. The molecule has 102 valence electrons. The van der Waals surface area contributed by atoms with E-state index in [-0.39, 0.29) is 16.8 Å². The lowest BCUT2D eigenvalue weighted by atomic mass is 10.3. The minimum Gasteiger partial charge on any atom is -0.210 e. The molecular weight excluding hydrogens is 306 g/mol. The van der Waals surface area contributed by atoms with Gasteiger partial charge in [-0.15, -0.1) is 11.6 Å². The van der Waals surface area contributed by atoms with E-state index in [2.05, 4.69) is 13.5 Å². The molecule has 19 heavy (non-hydrogen) atoms. The molecule has 0 aliphatic heterocycles. The van der Waals surface area contributed by atoms with E-state index in [9.17, 15) is 8.42 Å². The van der Waals surface area contributed by atoms with Gasteiger partial charge in [0.25, 0.3) is 0 Å². The van der Waals surface area contributed by atoms with Crippen molar-refractivity contribution in [3.05, 3.63) is 18.2 Å². The number of hydrogen-bond donors (Lipinski definition) is 1. The molecule has 0 saturated heterocycles. The average Bonchev–Trinajstić information content (AvgIpc) is 3.13. The van der Waals surface area contributed by atoms with Crippen molar-refractivity contribution in [3.8, 4) is 0 Å². The SMILES string of the molecule is O=S(=O)(NCC(Cl)C1CC1)c1cccc2nsnc12. The molecule has 1 aromatic heterocycles. The van der Waals surface area contributed by atoms with E-state index in [4.69, 9.17) is 11.6 Å². The van der Waals surface area contributed by atoms with Crippen LogP contribution in [0.25, 0.3) is 11.0 Å². The highest BCUT2D eigenvalue weighted by Crippen LogP contribution is 2.35. The first kappa shape index (κ1) is 13.2. The Hall–Kier alpha value is -0.760. The van der Waals surface area contributed by atoms with E-state index in [1.165, 1.54) is 6.07 Å². The molecular formula is C11H12ClN3O2S2. The van der Waals surface area contributed by atoms with E-state index in [0.717, 1.165) is 24.6 Å². The summed E-state index contributed by atoms with van der Waals surface area (Å²) in [5.74, 6) is 0.445. The molecule has 0 bridgehead atoms. The van der Waals surface area contributed by atoms with Crippen molar-refractivity contribution in [2.75, 3.05) is 6.54 Å². The van der Waals surface area contributed by atoms with E-state index >= 15 is 0 Å². The zero-order valence-electron chi connectivity index (χ0n) is 9.91. The summed E-state index contributed by atoms with van der Waals surface area (Å²) in [6.07, 6.45) is 2.17. The molecule has 2 aromatic rings. The Labute approximate surface area is 120 Å². The van der Waals surface area contributed by atoms with Gasteiger partial charge in [-0.05, 0) is 30.9 Å². The van der Waals surface area contributed by atoms with Crippen LogP contribution in [-0.4, -0.2) is 29.1 Å². The Bertz CT molecular complexity index is 697. The summed E-state index contributed by atoms with van der Waals surface area (Å²) in [5, 5.41) is -0.137. The summed E-state index contributed by atoms with van der Waals surface area (Å²) >= 11 is 7.12. The van der Waals surface area contributed by atoms with Crippen LogP contribution in [0.5, 0.6) is 0 Å². The lowest BCUT2D eigenvalue weighted by Crippen LogP contribution is -2.30. The molecule has 1 aliphatic carbocycles. The van der Waals surface area contributed by atoms with Crippen molar-refractivity contribution < 1.29 is 8.42 Å². The molecule has 1 fully saturated rings. The number of fused-ring (bicyclic) bond motifs is 1. The van der Waals surface area contributed by atoms with E-state index in [1.54, 1.807) is 12.1 Å². The van der Waals surface area contributed by atoms with Gasteiger partial charge in [-0.2, -0.15) is 8.75 Å². The summed E-state index contributed by atoms with van der Waals surface area (Å²) in [6, 6.07) is 4.94. The van der Waals surface area contributed by atoms with Gasteiger partial charge in [0.1, 0.15) is 15.9 Å². The van der Waals surface area contributed by atoms with E-state index < -0.39 is 10.0 Å². The fourth-order valence-corrected chi connectivity index (χ4v) is 4.13. The van der Waals surface area contributed by atoms with Crippen LogP contribution in [-0.2, 0) is 10.0 Å². The van der Waals surface area contributed by atoms with Gasteiger partial charge in [0.05, 0.1) is 11.7 Å². The third-order valence-electron chi connectivity index (χ3n) is 3.14. The first-order valence-corrected chi connectivity index (χ1v) is 8.58. The number of nitrogens with one attached hydrogen (secondary N) is 1. The van der Waals surface area contributed by atoms with Gasteiger partial charge >= 0.3 is 0 Å². The smallest absolute Gasteiger partial charge is 0.210 e. The van der Waals surface area contributed by atoms with Gasteiger partial charge < -0.3 is 0 Å². The van der Waals surface area contributed by atoms with Crippen LogP contribution in [0.15, 0.2) is 23.1 Å². The second-order valence-corrected chi connectivity index (χ2v) is 7.42. The quantitative estimate of drug-likeness (QED) is 0.856. The second kappa shape index (κ2) is 4.97. The van der Waals surface area contributed by atoms with Crippen LogP contribution in [0.1, 0.15) is 12.8 Å². The van der Waals surface area contributed by atoms with Crippen LogP contribution in [0.2, 0.25) is 0 Å². The number of aromatic nitrogens is 2. The molecule has 1 atom stereocenters. The zero-order chi connectivity index (χ0) is 13.5. The van der Waals surface area contributed by atoms with E-state index in [0.29, 0.717) is 17.0 Å². The maximum Gasteiger partial charge on any atom is 0.242 e. The summed E-state index contributed by atoms with van der Waals surface area (Å²) < 4.78 is 35.1. The maximum atomic E-state index is 12.3. The Morgan fingerprint density at radius 1 is 1.42 bits per heavy atom. The summed E-state index contributed by atoms with van der Waals surface area (Å²) in [5.41, 5.74) is 1.01. The van der Waals surface area contributed by atoms with Gasteiger partial charge in [0.15, 0.2) is 0 Å². The third-order valence-corrected chi connectivity index (χ3v) is 5.65. The van der Waals surface area contributed by atoms with Gasteiger partial charge in [-0.25, -0.2) is 13.1 Å². The van der Waals surface area contributed by atoms with Crippen LogP contribution in [0, 0.1) is 5.92 Å². The lowest BCUT2D eigenvalue weighted by molar-refractivity contribution is 0.577. The molecule has 0 spiro atoms. The third kappa shape index (κ3) is 2.74. The standard InChI is InChI=1S/C11H12ClN3O2S2/c12-8(7-4-5-7)6-13-19(16,17)10-3-1-2-9-11(10)15-18-14-9/h1-3,7-8,13H,4-6H2. The maximum absolute atomic E-state index is 12.3. The Morgan fingerprint density at radius 3 is 2.95 bits per heavy atom. The van der Waals surface area contributed by atoms with Gasteiger partial charge in [0.2, 0.25) is 10.0 Å². The number of rotatable bonds is 5. The van der Waals surface area contributed by atoms with Crippen LogP contribution in [0.4, 0.5) is 0 Å². The topological polar surface area (TPSA) is 72.0 Å². The first-order valence-electron chi connectivity index (χ1n) is 5.93. The largest absolute Gasteiger partial charge is 0.242 e. The van der Waals surface area contributed by atoms with Gasteiger partial charge in [0, 0.05) is 11.9 Å². The Morgan fingerprint density at radius 2 is 2.21 bits per heavy atom. The minimum atomic E-state index is -3.59. The molecule has 1 aliphatic rings. The molecule has 8 heteroatoms. The number of alkyl halides is 1. The monoisotopic (exact) mass is 317 g/mol. The summed E-state index contributed by atoms with van der Waals surface area (Å²) in [7, 11) is -3.59. The van der Waals surface area contributed by atoms with Crippen molar-refractivity contribution in [2.45, 2.75) is 23.1 Å². The van der Waals surface area contributed by atoms with Crippen LogP contribution < -0.4 is 4.72 Å². The number of nitrogens with zero attached hydrogens (tertiary/aromatic N) is 2. The predicted molar refractivity (Wildman–Crippen MR) is 75.0 cm³/mol. The molecule has 1 aromatic carbocycles. The number of hydrogen-bond acceptors (Lipinski definition) is 5. The normalized spacial score (nSPS) is 17.7. The molecule has 1 heterocycles. The Kier molecular flexibility index (Phi) is 3.46. The highest BCUT2D eigenvalue weighted by molar-refractivity contribution is 7.89. The molecule has 5 nitrogen and oxygen atoms in total. The molecule has 0 amide bonds. The minimum absolute atomic E-state index is 0.137. The van der Waals surface area contributed by atoms with Crippen molar-refractivity contribution in [1.29, 1.82) is 0 Å². The van der Waals surface area contributed by atoms with Crippen molar-refractivity contribution >= 4 is 44.4 Å². The molecule has 1 N–H and O–H groups in total. The number of benzene rings is 1. The highest BCUT2D eigenvalue weighted by Gasteiger charge is 2.31. The zero-order valence-corrected chi connectivity index (χ0v) is 12.3. The molecule has 3 rings (SSSR count). The van der Waals surface area contributed by atoms with Crippen LogP contribution in [0.3, 0.4) is 0 Å². The average molecular weight is 318 g/mol. The summed E-state index contributed by atoms with van der Waals surface area (Å²) in [4.78, 5) is 0.165. The lowest BCUT2D eigenvalue weighted by Gasteiger charge is -2.10. The van der Waals surface area contributed by atoms with Gasteiger partial charge in [-0.3, -0.25) is 0 Å². The number of sulfonamides is 1. The molecule has 1 unspecified atom stereocenters. The first-order chi connectivity index (χ1) is 9.08. The molecule has 1 saturated carbocycles. The van der Waals surface area contributed by atoms with Crippen LogP contribution >= 0.6 is 23.3 Å². The fraction of sp³-hybridized carbons (Fsp3) is 0.455. The van der Waals surface area contributed by atoms with Crippen molar-refractivity contribution in [2.24, 2.45) is 5.92 Å². The summed E-state index contributed by atoms with van der Waals surface area (Å²) in [6.45, 7) is 0.252. The predicted octanol–water partition coefficient (Wildman–Crippen LogP) is 1.99. The number of halogens is 1. The molecule has 0 radical (unpaired) electrons. The van der Waals surface area contributed by atoms with Crippen molar-refractivity contribution in [1.82, 2.24) is 13.5 Å². The van der Waals surface area contributed by atoms with Crippen molar-refractivity contribution in [3.63, 3.8) is 0 Å². The van der Waals surface area contributed by atoms with E-state index in [1.807, 2.05) is 0 Å². The Balaban J connectivity index is 1.84. The van der Waals surface area contributed by atoms with Gasteiger partial charge in [-0.1, -0.05) is 6.07 Å². The fourth-order valence-electron chi connectivity index (χ4n) is 1.89. The second-order valence-electron chi connectivity index (χ2n) is 4.59.